The van der Waals surface area contributed by atoms with Gasteiger partial charge in [-0.25, -0.2) is 0 Å². The van der Waals surface area contributed by atoms with Gasteiger partial charge >= 0.3 is 0 Å². The van der Waals surface area contributed by atoms with Crippen LogP contribution in [0.3, 0.4) is 0 Å². The molecule has 0 aromatic rings. The number of hydrogen-bond acceptors (Lipinski definition) is 1. The van der Waals surface area contributed by atoms with E-state index in [2.05, 4.69) is 20.4 Å². The van der Waals surface area contributed by atoms with Crippen molar-refractivity contribution < 1.29 is 4.74 Å². The molecule has 0 amide bonds. The molecule has 0 heterocycles. The minimum Gasteiger partial charge on any atom is -0.372 e. The summed E-state index contributed by atoms with van der Waals surface area (Å²) in [5, 5.41) is 0. The van der Waals surface area contributed by atoms with E-state index in [0.29, 0.717) is 0 Å². The highest BCUT2D eigenvalue weighted by molar-refractivity contribution is 4.89. The van der Waals surface area contributed by atoms with Crippen molar-refractivity contribution in [1.29, 1.82) is 0 Å². The zero-order valence-corrected chi connectivity index (χ0v) is 8.18. The van der Waals surface area contributed by atoms with E-state index >= 15 is 0 Å². The first-order valence-corrected chi connectivity index (χ1v) is 4.25. The van der Waals surface area contributed by atoms with Gasteiger partial charge in [0.1, 0.15) is 0 Å². The molecule has 0 saturated carbocycles. The monoisotopic (exact) mass is 156 g/mol. The Morgan fingerprint density at radius 2 is 2.00 bits per heavy atom. The molecule has 0 atom stereocenters. The average molecular weight is 156 g/mol. The van der Waals surface area contributed by atoms with Crippen molar-refractivity contribution in [3.8, 4) is 0 Å². The maximum Gasteiger partial charge on any atom is 0.0803 e. The summed E-state index contributed by atoms with van der Waals surface area (Å²) in [6, 6.07) is 0. The Morgan fingerprint density at radius 3 is 2.36 bits per heavy atom. The number of ether oxygens (including phenoxy) is 1. The third-order valence-electron chi connectivity index (χ3n) is 1.66. The largest absolute Gasteiger partial charge is 0.372 e. The SMILES string of the molecule is C=CC(C)(C)OCCC(C)C. The third kappa shape index (κ3) is 6.11. The van der Waals surface area contributed by atoms with E-state index in [9.17, 15) is 0 Å². The van der Waals surface area contributed by atoms with Crippen LogP contribution in [0.5, 0.6) is 0 Å². The number of hydrogen-bond donors (Lipinski definition) is 0. The van der Waals surface area contributed by atoms with Crippen molar-refractivity contribution >= 4 is 0 Å². The lowest BCUT2D eigenvalue weighted by Gasteiger charge is -2.21. The topological polar surface area (TPSA) is 9.23 Å². The molecule has 0 rings (SSSR count). The molecule has 0 bridgehead atoms. The van der Waals surface area contributed by atoms with E-state index in [1.165, 1.54) is 0 Å². The molecule has 66 valence electrons. The van der Waals surface area contributed by atoms with Crippen LogP contribution in [-0.2, 0) is 4.74 Å². The first-order chi connectivity index (χ1) is 4.98. The fraction of sp³-hybridized carbons (Fsp3) is 0.800. The van der Waals surface area contributed by atoms with Crippen molar-refractivity contribution in [3.63, 3.8) is 0 Å². The van der Waals surface area contributed by atoms with Gasteiger partial charge in [0.05, 0.1) is 5.60 Å². The molecule has 0 radical (unpaired) electrons. The van der Waals surface area contributed by atoms with Gasteiger partial charge in [-0.3, -0.25) is 0 Å². The van der Waals surface area contributed by atoms with Crippen LogP contribution in [0.25, 0.3) is 0 Å². The predicted molar refractivity (Wildman–Crippen MR) is 49.7 cm³/mol. The zero-order valence-electron chi connectivity index (χ0n) is 8.18. The molecule has 0 saturated heterocycles. The van der Waals surface area contributed by atoms with Crippen molar-refractivity contribution in [1.82, 2.24) is 0 Å². The van der Waals surface area contributed by atoms with Crippen LogP contribution in [0.2, 0.25) is 0 Å². The summed E-state index contributed by atoms with van der Waals surface area (Å²) in [4.78, 5) is 0. The van der Waals surface area contributed by atoms with E-state index in [4.69, 9.17) is 4.74 Å². The van der Waals surface area contributed by atoms with E-state index in [1.807, 2.05) is 19.9 Å². The molecule has 0 aliphatic carbocycles. The number of rotatable bonds is 5. The fourth-order valence-electron chi connectivity index (χ4n) is 0.617. The zero-order chi connectivity index (χ0) is 8.91. The second-order valence-corrected chi connectivity index (χ2v) is 3.84. The summed E-state index contributed by atoms with van der Waals surface area (Å²) in [6.45, 7) is 13.0. The Morgan fingerprint density at radius 1 is 1.45 bits per heavy atom. The minimum absolute atomic E-state index is 0.158. The van der Waals surface area contributed by atoms with Gasteiger partial charge in [0.2, 0.25) is 0 Å². The molecular weight excluding hydrogens is 136 g/mol. The molecule has 0 aliphatic rings. The summed E-state index contributed by atoms with van der Waals surface area (Å²) < 4.78 is 5.57. The Hall–Kier alpha value is -0.300. The van der Waals surface area contributed by atoms with Crippen LogP contribution in [0.1, 0.15) is 34.1 Å². The van der Waals surface area contributed by atoms with Crippen molar-refractivity contribution in [2.75, 3.05) is 6.61 Å². The summed E-state index contributed by atoms with van der Waals surface area (Å²) >= 11 is 0. The normalized spacial score (nSPS) is 12.1. The highest BCUT2D eigenvalue weighted by Crippen LogP contribution is 2.11. The van der Waals surface area contributed by atoms with Gasteiger partial charge in [-0.1, -0.05) is 19.9 Å². The molecule has 1 heteroatoms. The van der Waals surface area contributed by atoms with Gasteiger partial charge in [0.15, 0.2) is 0 Å². The molecular formula is C10H20O. The highest BCUT2D eigenvalue weighted by atomic mass is 16.5. The van der Waals surface area contributed by atoms with E-state index in [1.54, 1.807) is 0 Å². The first-order valence-electron chi connectivity index (χ1n) is 4.25. The maximum atomic E-state index is 5.57. The molecule has 0 aromatic carbocycles. The summed E-state index contributed by atoms with van der Waals surface area (Å²) in [5.74, 6) is 0.718. The van der Waals surface area contributed by atoms with Crippen LogP contribution in [0.4, 0.5) is 0 Å². The van der Waals surface area contributed by atoms with Crippen LogP contribution >= 0.6 is 0 Å². The van der Waals surface area contributed by atoms with Crippen molar-refractivity contribution in [2.24, 2.45) is 5.92 Å². The van der Waals surface area contributed by atoms with Crippen LogP contribution in [-0.4, -0.2) is 12.2 Å². The second kappa shape index (κ2) is 4.55. The van der Waals surface area contributed by atoms with Gasteiger partial charge in [0.25, 0.3) is 0 Å². The predicted octanol–water partition coefficient (Wildman–Crippen LogP) is 3.01. The second-order valence-electron chi connectivity index (χ2n) is 3.84. The Balaban J connectivity index is 3.45. The lowest BCUT2D eigenvalue weighted by Crippen LogP contribution is -2.21. The molecule has 0 aromatic heterocycles. The molecule has 1 nitrogen and oxygen atoms in total. The molecule has 0 N–H and O–H groups in total. The molecule has 0 fully saturated rings. The summed E-state index contributed by atoms with van der Waals surface area (Å²) in [7, 11) is 0. The maximum absolute atomic E-state index is 5.57. The third-order valence-corrected chi connectivity index (χ3v) is 1.66. The van der Waals surface area contributed by atoms with Crippen LogP contribution in [0.15, 0.2) is 12.7 Å². The first kappa shape index (κ1) is 10.7. The van der Waals surface area contributed by atoms with Gasteiger partial charge in [-0.05, 0) is 26.2 Å². The van der Waals surface area contributed by atoms with Gasteiger partial charge in [-0.15, -0.1) is 6.58 Å². The van der Waals surface area contributed by atoms with Crippen molar-refractivity contribution in [3.05, 3.63) is 12.7 Å². The summed E-state index contributed by atoms with van der Waals surface area (Å²) in [5.41, 5.74) is -0.158. The van der Waals surface area contributed by atoms with E-state index in [0.717, 1.165) is 18.9 Å². The minimum atomic E-state index is -0.158. The lowest BCUT2D eigenvalue weighted by molar-refractivity contribution is 0.0142. The standard InChI is InChI=1S/C10H20O/c1-6-10(4,5)11-8-7-9(2)3/h6,9H,1,7-8H2,2-5H3. The smallest absolute Gasteiger partial charge is 0.0803 e. The Kier molecular flexibility index (Phi) is 4.43. The Bertz CT molecular complexity index is 114. The molecule has 11 heavy (non-hydrogen) atoms. The quantitative estimate of drug-likeness (QED) is 0.556. The van der Waals surface area contributed by atoms with Gasteiger partial charge in [-0.2, -0.15) is 0 Å². The van der Waals surface area contributed by atoms with Gasteiger partial charge < -0.3 is 4.74 Å². The molecule has 0 unspecified atom stereocenters. The lowest BCUT2D eigenvalue weighted by atomic mass is 10.1. The van der Waals surface area contributed by atoms with E-state index in [-0.39, 0.29) is 5.60 Å². The summed E-state index contributed by atoms with van der Waals surface area (Å²) in [6.07, 6.45) is 2.96. The molecule has 0 aliphatic heterocycles. The Labute approximate surface area is 70.4 Å². The van der Waals surface area contributed by atoms with Crippen LogP contribution in [0, 0.1) is 5.92 Å². The van der Waals surface area contributed by atoms with Crippen LogP contribution < -0.4 is 0 Å². The fourth-order valence-corrected chi connectivity index (χ4v) is 0.617. The average Bonchev–Trinajstić information content (AvgIpc) is 1.87. The highest BCUT2D eigenvalue weighted by Gasteiger charge is 2.12. The van der Waals surface area contributed by atoms with Gasteiger partial charge in [0, 0.05) is 6.61 Å². The van der Waals surface area contributed by atoms with Crippen molar-refractivity contribution in [2.45, 2.75) is 39.7 Å². The molecule has 0 spiro atoms. The van der Waals surface area contributed by atoms with E-state index < -0.39 is 0 Å².